The molecular weight excluding hydrogens is 502 g/mol. The van der Waals surface area contributed by atoms with Gasteiger partial charge in [-0.2, -0.15) is 0 Å². The van der Waals surface area contributed by atoms with E-state index in [1.807, 2.05) is 39.0 Å². The van der Waals surface area contributed by atoms with Crippen LogP contribution in [0.5, 0.6) is 23.0 Å². The third kappa shape index (κ3) is 4.59. The minimum absolute atomic E-state index is 0.0517. The van der Waals surface area contributed by atoms with Crippen LogP contribution in [-0.2, 0) is 11.2 Å². The van der Waals surface area contributed by atoms with Crippen LogP contribution in [0.15, 0.2) is 35.3 Å². The third-order valence-electron chi connectivity index (χ3n) is 7.56. The zero-order valence-electron chi connectivity index (χ0n) is 22.9. The molecule has 0 bridgehead atoms. The van der Waals surface area contributed by atoms with E-state index in [1.54, 1.807) is 33.3 Å². The molecule has 2 aliphatic heterocycles. The van der Waals surface area contributed by atoms with Crippen LogP contribution in [-0.4, -0.2) is 77.1 Å². The quantitative estimate of drug-likeness (QED) is 0.389. The van der Waals surface area contributed by atoms with Crippen molar-refractivity contribution >= 4 is 16.5 Å². The highest BCUT2D eigenvalue weighted by molar-refractivity contribution is 6.10. The molecule has 3 aromatic carbocycles. The van der Waals surface area contributed by atoms with Gasteiger partial charge in [0.2, 0.25) is 6.29 Å². The fourth-order valence-electron chi connectivity index (χ4n) is 5.73. The molecule has 4 N–H and O–H groups in total. The first-order chi connectivity index (χ1) is 18.5. The molecule has 0 amide bonds. The Morgan fingerprint density at radius 2 is 1.64 bits per heavy atom. The van der Waals surface area contributed by atoms with Crippen molar-refractivity contribution in [1.29, 1.82) is 0 Å². The number of benzene rings is 3. The Balaban J connectivity index is 1.80. The van der Waals surface area contributed by atoms with Gasteiger partial charge < -0.3 is 39.4 Å². The van der Waals surface area contributed by atoms with Gasteiger partial charge in [0.1, 0.15) is 41.3 Å². The van der Waals surface area contributed by atoms with Crippen LogP contribution in [0.4, 0.5) is 0 Å². The largest absolute Gasteiger partial charge is 0.507 e. The maximum atomic E-state index is 10.8. The van der Waals surface area contributed by atoms with Gasteiger partial charge in [-0.25, -0.2) is 0 Å². The van der Waals surface area contributed by atoms with E-state index in [4.69, 9.17) is 23.9 Å². The molecule has 9 nitrogen and oxygen atoms in total. The molecule has 2 heterocycles. The van der Waals surface area contributed by atoms with Crippen LogP contribution in [0, 0.1) is 6.92 Å². The number of ether oxygens (including phenoxy) is 4. The minimum atomic E-state index is -1.49. The van der Waals surface area contributed by atoms with Gasteiger partial charge >= 0.3 is 0 Å². The molecule has 0 unspecified atom stereocenters. The van der Waals surface area contributed by atoms with Crippen LogP contribution >= 0.6 is 0 Å². The van der Waals surface area contributed by atoms with E-state index in [-0.39, 0.29) is 11.8 Å². The summed E-state index contributed by atoms with van der Waals surface area (Å²) in [5, 5.41) is 43.4. The smallest absolute Gasteiger partial charge is 0.229 e. The zero-order valence-corrected chi connectivity index (χ0v) is 22.9. The number of fused-ring (bicyclic) bond motifs is 2. The molecule has 0 spiro atoms. The number of hydrogen-bond donors (Lipinski definition) is 4. The van der Waals surface area contributed by atoms with Gasteiger partial charge in [-0.1, -0.05) is 6.07 Å². The molecule has 1 fully saturated rings. The number of aliphatic hydroxyl groups is 3. The van der Waals surface area contributed by atoms with E-state index in [0.717, 1.165) is 22.4 Å². The number of phenolic OH excluding ortho intramolecular Hbond substituents is 1. The average molecular weight is 538 g/mol. The van der Waals surface area contributed by atoms with E-state index >= 15 is 0 Å². The van der Waals surface area contributed by atoms with Crippen LogP contribution in [0.3, 0.4) is 0 Å². The molecule has 0 aliphatic carbocycles. The highest BCUT2D eigenvalue weighted by Gasteiger charge is 2.43. The van der Waals surface area contributed by atoms with E-state index in [1.165, 1.54) is 0 Å². The van der Waals surface area contributed by atoms with Crippen LogP contribution in [0.2, 0.25) is 0 Å². The molecule has 0 radical (unpaired) electrons. The summed E-state index contributed by atoms with van der Waals surface area (Å²) in [4.78, 5) is 4.78. The molecular formula is C30H35NO8. The molecule has 208 valence electrons. The Kier molecular flexibility index (Phi) is 7.19. The van der Waals surface area contributed by atoms with Crippen LogP contribution < -0.4 is 14.2 Å². The lowest BCUT2D eigenvalue weighted by molar-refractivity contribution is -0.268. The summed E-state index contributed by atoms with van der Waals surface area (Å²) in [6.45, 7) is 7.52. The summed E-state index contributed by atoms with van der Waals surface area (Å²) in [5.74, 6) is 1.47. The number of rotatable bonds is 5. The number of aromatic hydroxyl groups is 1. The Hall–Kier alpha value is -3.37. The molecule has 1 saturated heterocycles. The number of aryl methyl sites for hydroxylation is 1. The van der Waals surface area contributed by atoms with Gasteiger partial charge in [0.15, 0.2) is 0 Å². The highest BCUT2D eigenvalue weighted by Crippen LogP contribution is 2.49. The summed E-state index contributed by atoms with van der Waals surface area (Å²) in [5.41, 5.74) is 4.83. The summed E-state index contributed by atoms with van der Waals surface area (Å²) < 4.78 is 23.8. The number of methoxy groups -OCH3 is 2. The number of aliphatic imine (C=N–C) groups is 1. The van der Waals surface area contributed by atoms with E-state index in [0.29, 0.717) is 45.6 Å². The van der Waals surface area contributed by atoms with Gasteiger partial charge in [0, 0.05) is 11.3 Å². The van der Waals surface area contributed by atoms with Crippen molar-refractivity contribution in [1.82, 2.24) is 0 Å². The number of hydrogen-bond acceptors (Lipinski definition) is 9. The van der Waals surface area contributed by atoms with Crippen LogP contribution in [0.1, 0.15) is 37.5 Å². The lowest BCUT2D eigenvalue weighted by Crippen LogP contribution is -2.58. The van der Waals surface area contributed by atoms with Crippen molar-refractivity contribution in [3.63, 3.8) is 0 Å². The maximum absolute atomic E-state index is 10.8. The normalized spacial score (nSPS) is 26.6. The van der Waals surface area contributed by atoms with Crippen molar-refractivity contribution < 1.29 is 39.4 Å². The van der Waals surface area contributed by atoms with E-state index in [2.05, 4.69) is 0 Å². The fraction of sp³-hybridized carbons (Fsp3) is 0.433. The van der Waals surface area contributed by atoms with Gasteiger partial charge in [0.25, 0.3) is 0 Å². The van der Waals surface area contributed by atoms with Crippen molar-refractivity contribution in [3.05, 3.63) is 47.0 Å². The standard InChI is InChI=1S/C30H35NO8/c1-13-9-19-18(7-8-20(32)24(19)21(10-13)36-5)25-22(39-30-28(35)27(34)26(33)16(4)38-30)12-17-11-14(2)31-15(3)23(17)29(25)37-6/h7-10,12,14,16,26-28,30,32-35H,11H2,1-6H3/t14-,16-,26-,27+,28+,30-/m1/s1. The van der Waals surface area contributed by atoms with Crippen molar-refractivity contribution in [2.24, 2.45) is 4.99 Å². The first-order valence-corrected chi connectivity index (χ1v) is 13.0. The molecule has 9 heteroatoms. The SMILES string of the molecule is COc1c2c(cc(O[C@H]3O[C@H](C)[C@@H](O)[C@H](O)[C@@H]3O)c1-c1ccc(O)c3c(OC)cc(C)cc13)C[C@@H](C)N=C2C. The summed E-state index contributed by atoms with van der Waals surface area (Å²) in [7, 11) is 3.13. The summed E-state index contributed by atoms with van der Waals surface area (Å²) in [6.07, 6.45) is -5.57. The first kappa shape index (κ1) is 27.2. The monoisotopic (exact) mass is 537 g/mol. The number of nitrogens with zero attached hydrogens (tertiary/aromatic N) is 1. The first-order valence-electron chi connectivity index (χ1n) is 13.0. The second-order valence-electron chi connectivity index (χ2n) is 10.4. The summed E-state index contributed by atoms with van der Waals surface area (Å²) >= 11 is 0. The van der Waals surface area contributed by atoms with E-state index < -0.39 is 30.7 Å². The Labute approximate surface area is 227 Å². The van der Waals surface area contributed by atoms with Gasteiger partial charge in [0.05, 0.1) is 37.3 Å². The molecule has 39 heavy (non-hydrogen) atoms. The maximum Gasteiger partial charge on any atom is 0.229 e. The molecule has 2 aliphatic rings. The topological polar surface area (TPSA) is 130 Å². The zero-order chi connectivity index (χ0) is 28.2. The van der Waals surface area contributed by atoms with Crippen molar-refractivity contribution in [3.8, 4) is 34.1 Å². The van der Waals surface area contributed by atoms with Gasteiger partial charge in [-0.05, 0) is 80.5 Å². The van der Waals surface area contributed by atoms with Crippen LogP contribution in [0.25, 0.3) is 21.9 Å². The highest BCUT2D eigenvalue weighted by atomic mass is 16.7. The lowest BCUT2D eigenvalue weighted by Gasteiger charge is -2.39. The minimum Gasteiger partial charge on any atom is -0.507 e. The Morgan fingerprint density at radius 3 is 2.33 bits per heavy atom. The molecule has 0 aromatic heterocycles. The Bertz CT molecular complexity index is 1450. The molecule has 3 aromatic rings. The average Bonchev–Trinajstić information content (AvgIpc) is 2.89. The van der Waals surface area contributed by atoms with Crippen molar-refractivity contribution in [2.45, 2.75) is 70.9 Å². The third-order valence-corrected chi connectivity index (χ3v) is 7.56. The van der Waals surface area contributed by atoms with Gasteiger partial charge in [-0.15, -0.1) is 0 Å². The lowest BCUT2D eigenvalue weighted by atomic mass is 9.87. The predicted molar refractivity (Wildman–Crippen MR) is 147 cm³/mol. The fourth-order valence-corrected chi connectivity index (χ4v) is 5.73. The van der Waals surface area contributed by atoms with Gasteiger partial charge in [-0.3, -0.25) is 4.99 Å². The summed E-state index contributed by atoms with van der Waals surface area (Å²) in [6, 6.07) is 9.13. The number of aliphatic hydroxyl groups excluding tert-OH is 3. The molecule has 6 atom stereocenters. The molecule has 5 rings (SSSR count). The molecule has 0 saturated carbocycles. The second-order valence-corrected chi connectivity index (χ2v) is 10.4. The van der Waals surface area contributed by atoms with E-state index in [9.17, 15) is 20.4 Å². The van der Waals surface area contributed by atoms with Crippen molar-refractivity contribution in [2.75, 3.05) is 14.2 Å². The predicted octanol–water partition coefficient (Wildman–Crippen LogP) is 3.50. The number of phenols is 1. The Morgan fingerprint density at radius 1 is 0.897 bits per heavy atom. The second kappa shape index (κ2) is 10.3.